The van der Waals surface area contributed by atoms with Crippen molar-refractivity contribution in [2.24, 2.45) is 0 Å². The van der Waals surface area contributed by atoms with Crippen molar-refractivity contribution in [3.63, 3.8) is 0 Å². The van der Waals surface area contributed by atoms with Crippen LogP contribution in [0, 0.1) is 0 Å². The van der Waals surface area contributed by atoms with E-state index in [0.717, 1.165) is 40.7 Å². The minimum absolute atomic E-state index is 0.354. The lowest BCUT2D eigenvalue weighted by atomic mass is 9.89. The van der Waals surface area contributed by atoms with Crippen molar-refractivity contribution in [3.8, 4) is 5.75 Å². The van der Waals surface area contributed by atoms with Gasteiger partial charge in [-0.1, -0.05) is 6.07 Å². The number of fused-ring (bicyclic) bond motifs is 1. The average molecular weight is 334 g/mol. The number of nitrogens with zero attached hydrogens (tertiary/aromatic N) is 1. The second-order valence-corrected chi connectivity index (χ2v) is 5.94. The largest absolute Gasteiger partial charge is 0.487 e. The Morgan fingerprint density at radius 1 is 1.30 bits per heavy atom. The van der Waals surface area contributed by atoms with Crippen LogP contribution >= 0.6 is 15.9 Å². The molecule has 3 nitrogen and oxygen atoms in total. The lowest BCUT2D eigenvalue weighted by Gasteiger charge is -2.21. The molecule has 0 unspecified atom stereocenters. The predicted molar refractivity (Wildman–Crippen MR) is 80.6 cm³/mol. The Hall–Kier alpha value is -1.39. The molecule has 0 aliphatic heterocycles. The van der Waals surface area contributed by atoms with E-state index in [1.807, 2.05) is 24.3 Å². The van der Waals surface area contributed by atoms with Crippen molar-refractivity contribution in [2.75, 3.05) is 0 Å². The molecule has 4 heteroatoms. The maximum absolute atomic E-state index is 10.0. The lowest BCUT2D eigenvalue weighted by Crippen LogP contribution is -2.09. The molecule has 104 valence electrons. The molecular formula is C16H16BrNO2. The van der Waals surface area contributed by atoms with Crippen molar-refractivity contribution >= 4 is 15.9 Å². The van der Waals surface area contributed by atoms with E-state index in [1.165, 1.54) is 5.56 Å². The molecule has 0 saturated carbocycles. The lowest BCUT2D eigenvalue weighted by molar-refractivity contribution is 0.156. The van der Waals surface area contributed by atoms with Crippen LogP contribution in [0.2, 0.25) is 0 Å². The van der Waals surface area contributed by atoms with Crippen LogP contribution in [-0.4, -0.2) is 10.1 Å². The molecule has 0 spiro atoms. The van der Waals surface area contributed by atoms with Gasteiger partial charge in [-0.25, -0.2) is 0 Å². The molecule has 1 aliphatic rings. The summed E-state index contributed by atoms with van der Waals surface area (Å²) in [4.78, 5) is 4.27. The fourth-order valence-corrected chi connectivity index (χ4v) is 2.73. The zero-order valence-corrected chi connectivity index (χ0v) is 12.6. The van der Waals surface area contributed by atoms with E-state index in [-0.39, 0.29) is 6.10 Å². The standard InChI is InChI=1S/C16H16BrNO2/c17-12-5-6-13(18-9-12)10-20-14-7-4-11-2-1-3-16(19)15(11)8-14/h4-9,16,19H,1-3,10H2/t16-/m1/s1. The number of ether oxygens (including phenoxy) is 1. The Morgan fingerprint density at radius 2 is 2.20 bits per heavy atom. The molecule has 3 rings (SSSR count). The number of benzene rings is 1. The SMILES string of the molecule is O[C@@H]1CCCc2ccc(OCc3ccc(Br)cn3)cc21. The van der Waals surface area contributed by atoms with Crippen LogP contribution in [-0.2, 0) is 13.0 Å². The van der Waals surface area contributed by atoms with E-state index in [1.54, 1.807) is 6.20 Å². The van der Waals surface area contributed by atoms with Crippen molar-refractivity contribution in [3.05, 3.63) is 57.8 Å². The topological polar surface area (TPSA) is 42.4 Å². The minimum Gasteiger partial charge on any atom is -0.487 e. The maximum Gasteiger partial charge on any atom is 0.130 e. The Bertz CT molecular complexity index is 598. The average Bonchev–Trinajstić information content (AvgIpc) is 2.47. The molecule has 0 amide bonds. The van der Waals surface area contributed by atoms with Gasteiger partial charge in [0.2, 0.25) is 0 Å². The zero-order chi connectivity index (χ0) is 13.9. The number of aliphatic hydroxyl groups is 1. The first-order chi connectivity index (χ1) is 9.72. The Morgan fingerprint density at radius 3 is 3.00 bits per heavy atom. The van der Waals surface area contributed by atoms with Crippen molar-refractivity contribution in [2.45, 2.75) is 32.0 Å². The molecule has 1 heterocycles. The fraction of sp³-hybridized carbons (Fsp3) is 0.312. The normalized spacial score (nSPS) is 17.6. The van der Waals surface area contributed by atoms with Crippen LogP contribution in [0.25, 0.3) is 0 Å². The first kappa shape index (κ1) is 13.6. The van der Waals surface area contributed by atoms with Crippen molar-refractivity contribution < 1.29 is 9.84 Å². The molecule has 0 fully saturated rings. The van der Waals surface area contributed by atoms with Crippen LogP contribution in [0.3, 0.4) is 0 Å². The van der Waals surface area contributed by atoms with Gasteiger partial charge in [0.25, 0.3) is 0 Å². The highest BCUT2D eigenvalue weighted by molar-refractivity contribution is 9.10. The molecule has 1 atom stereocenters. The molecule has 0 radical (unpaired) electrons. The number of hydrogen-bond acceptors (Lipinski definition) is 3. The number of hydrogen-bond donors (Lipinski definition) is 1. The fourth-order valence-electron chi connectivity index (χ4n) is 2.49. The van der Waals surface area contributed by atoms with E-state index in [9.17, 15) is 5.11 Å². The van der Waals surface area contributed by atoms with Crippen LogP contribution in [0.15, 0.2) is 41.0 Å². The van der Waals surface area contributed by atoms with Crippen LogP contribution in [0.4, 0.5) is 0 Å². The number of halogens is 1. The monoisotopic (exact) mass is 333 g/mol. The molecule has 0 bridgehead atoms. The molecular weight excluding hydrogens is 318 g/mol. The molecule has 0 saturated heterocycles. The number of pyridine rings is 1. The summed E-state index contributed by atoms with van der Waals surface area (Å²) in [5, 5.41) is 10.0. The number of aryl methyl sites for hydroxylation is 1. The summed E-state index contributed by atoms with van der Waals surface area (Å²) in [6, 6.07) is 9.86. The van der Waals surface area contributed by atoms with Gasteiger partial charge in [-0.3, -0.25) is 4.98 Å². The van der Waals surface area contributed by atoms with Gasteiger partial charge in [-0.15, -0.1) is 0 Å². The molecule has 1 aromatic heterocycles. The Labute approximate surface area is 126 Å². The molecule has 1 aliphatic carbocycles. The van der Waals surface area contributed by atoms with E-state index in [0.29, 0.717) is 6.61 Å². The summed E-state index contributed by atoms with van der Waals surface area (Å²) in [5.41, 5.74) is 3.13. The van der Waals surface area contributed by atoms with Crippen LogP contribution in [0.5, 0.6) is 5.75 Å². The minimum atomic E-state index is -0.354. The third-order valence-corrected chi connectivity index (χ3v) is 4.04. The van der Waals surface area contributed by atoms with Crippen LogP contribution in [0.1, 0.15) is 35.8 Å². The Kier molecular flexibility index (Phi) is 4.03. The third-order valence-electron chi connectivity index (χ3n) is 3.58. The van der Waals surface area contributed by atoms with E-state index < -0.39 is 0 Å². The first-order valence-corrected chi connectivity index (χ1v) is 7.56. The number of rotatable bonds is 3. The summed E-state index contributed by atoms with van der Waals surface area (Å²) < 4.78 is 6.71. The molecule has 1 aromatic carbocycles. The van der Waals surface area contributed by atoms with E-state index >= 15 is 0 Å². The van der Waals surface area contributed by atoms with Crippen LogP contribution < -0.4 is 4.74 Å². The first-order valence-electron chi connectivity index (χ1n) is 6.76. The number of aliphatic hydroxyl groups excluding tert-OH is 1. The van der Waals surface area contributed by atoms with Crippen molar-refractivity contribution in [1.29, 1.82) is 0 Å². The van der Waals surface area contributed by atoms with Gasteiger partial charge in [0.15, 0.2) is 0 Å². The summed E-state index contributed by atoms with van der Waals surface area (Å²) >= 11 is 3.36. The summed E-state index contributed by atoms with van der Waals surface area (Å²) in [7, 11) is 0. The molecule has 1 N–H and O–H groups in total. The maximum atomic E-state index is 10.0. The zero-order valence-electron chi connectivity index (χ0n) is 11.1. The summed E-state index contributed by atoms with van der Waals surface area (Å²) in [5.74, 6) is 0.786. The van der Waals surface area contributed by atoms with Gasteiger partial charge < -0.3 is 9.84 Å². The van der Waals surface area contributed by atoms with Gasteiger partial charge in [-0.2, -0.15) is 0 Å². The van der Waals surface area contributed by atoms with Gasteiger partial charge >= 0.3 is 0 Å². The van der Waals surface area contributed by atoms with Gasteiger partial charge in [-0.05, 0) is 70.6 Å². The highest BCUT2D eigenvalue weighted by Gasteiger charge is 2.18. The summed E-state index contributed by atoms with van der Waals surface area (Å²) in [6.45, 7) is 0.433. The van der Waals surface area contributed by atoms with E-state index in [4.69, 9.17) is 4.74 Å². The van der Waals surface area contributed by atoms with Gasteiger partial charge in [0.05, 0.1) is 11.8 Å². The molecule has 2 aromatic rings. The third kappa shape index (κ3) is 3.02. The Balaban J connectivity index is 1.72. The van der Waals surface area contributed by atoms with Gasteiger partial charge in [0.1, 0.15) is 12.4 Å². The second-order valence-electron chi connectivity index (χ2n) is 5.03. The predicted octanol–water partition coefficient (Wildman–Crippen LogP) is 3.79. The molecule has 20 heavy (non-hydrogen) atoms. The number of aromatic nitrogens is 1. The van der Waals surface area contributed by atoms with Crippen molar-refractivity contribution in [1.82, 2.24) is 4.98 Å². The summed E-state index contributed by atoms with van der Waals surface area (Å²) in [6.07, 6.45) is 4.34. The van der Waals surface area contributed by atoms with Gasteiger partial charge in [0, 0.05) is 10.7 Å². The quantitative estimate of drug-likeness (QED) is 0.929. The highest BCUT2D eigenvalue weighted by atomic mass is 79.9. The smallest absolute Gasteiger partial charge is 0.130 e. The second kappa shape index (κ2) is 5.94. The highest BCUT2D eigenvalue weighted by Crippen LogP contribution is 2.32. The van der Waals surface area contributed by atoms with E-state index in [2.05, 4.69) is 27.0 Å².